The summed E-state index contributed by atoms with van der Waals surface area (Å²) in [7, 11) is 4.11. The number of hydrazone groups is 1. The van der Waals surface area contributed by atoms with Gasteiger partial charge in [0.1, 0.15) is 11.2 Å². The molecule has 2 N–H and O–H groups in total. The van der Waals surface area contributed by atoms with Crippen molar-refractivity contribution in [2.24, 2.45) is 5.10 Å². The van der Waals surface area contributed by atoms with Crippen molar-refractivity contribution >= 4 is 33.6 Å². The molecule has 0 fully saturated rings. The van der Waals surface area contributed by atoms with Gasteiger partial charge in [-0.2, -0.15) is 5.10 Å². The molecule has 0 bridgehead atoms. The number of nitrogens with one attached hydrogen (secondary N) is 1. The van der Waals surface area contributed by atoms with Crippen LogP contribution in [0.5, 0.6) is 0 Å². The molecule has 136 valence electrons. The molecule has 1 aromatic carbocycles. The predicted molar refractivity (Wildman–Crippen MR) is 108 cm³/mol. The third-order valence-electron chi connectivity index (χ3n) is 3.97. The van der Waals surface area contributed by atoms with Crippen LogP contribution in [0.2, 0.25) is 0 Å². The summed E-state index contributed by atoms with van der Waals surface area (Å²) in [6.45, 7) is 3.02. The van der Waals surface area contributed by atoms with Crippen LogP contribution in [0.15, 0.2) is 41.8 Å². The van der Waals surface area contributed by atoms with E-state index in [9.17, 15) is 5.11 Å². The van der Waals surface area contributed by atoms with Crippen molar-refractivity contribution in [1.82, 2.24) is 14.9 Å². The van der Waals surface area contributed by atoms with E-state index in [0.717, 1.165) is 27.2 Å². The highest BCUT2D eigenvalue weighted by Crippen LogP contribution is 2.32. The fourth-order valence-corrected chi connectivity index (χ4v) is 3.58. The Morgan fingerprint density at radius 1 is 1.27 bits per heavy atom. The van der Waals surface area contributed by atoms with Crippen molar-refractivity contribution in [3.05, 3.63) is 52.7 Å². The molecule has 3 aromatic rings. The number of hydrogen-bond acceptors (Lipinski definition) is 7. The molecule has 6 nitrogen and oxygen atoms in total. The maximum absolute atomic E-state index is 9.35. The number of hydrogen-bond donors (Lipinski definition) is 2. The average molecular weight is 369 g/mol. The fourth-order valence-electron chi connectivity index (χ4n) is 2.54. The standard InChI is InChI=1S/C19H23N5OS/c1-13(11-25)17-8-16-18(20-12-21-19(16)26-17)23-22-9-14-4-6-15(7-5-14)10-24(2)3/h4-9,12-13,25H,10-11H2,1-3H3,(H,20,21,23)/b22-9+/t13-/m1/s1. The Balaban J connectivity index is 1.72. The molecule has 0 spiro atoms. The second kappa shape index (κ2) is 8.35. The van der Waals surface area contributed by atoms with E-state index in [4.69, 9.17) is 0 Å². The summed E-state index contributed by atoms with van der Waals surface area (Å²) in [5.41, 5.74) is 5.29. The summed E-state index contributed by atoms with van der Waals surface area (Å²) >= 11 is 1.57. The Morgan fingerprint density at radius 2 is 2.04 bits per heavy atom. The first-order chi connectivity index (χ1) is 12.6. The van der Waals surface area contributed by atoms with Crippen LogP contribution < -0.4 is 5.43 Å². The van der Waals surface area contributed by atoms with E-state index in [1.165, 1.54) is 11.9 Å². The Kier molecular flexibility index (Phi) is 5.92. The van der Waals surface area contributed by atoms with Gasteiger partial charge in [-0.25, -0.2) is 9.97 Å². The Morgan fingerprint density at radius 3 is 2.73 bits per heavy atom. The zero-order valence-corrected chi connectivity index (χ0v) is 16.0. The molecule has 2 heterocycles. The van der Waals surface area contributed by atoms with Crippen molar-refractivity contribution < 1.29 is 5.11 Å². The number of fused-ring (bicyclic) bond motifs is 1. The maximum Gasteiger partial charge on any atom is 0.158 e. The molecule has 0 radical (unpaired) electrons. The van der Waals surface area contributed by atoms with Gasteiger partial charge in [-0.3, -0.25) is 5.43 Å². The van der Waals surface area contributed by atoms with Gasteiger partial charge < -0.3 is 10.0 Å². The van der Waals surface area contributed by atoms with Crippen molar-refractivity contribution in [2.45, 2.75) is 19.4 Å². The van der Waals surface area contributed by atoms with Gasteiger partial charge >= 0.3 is 0 Å². The van der Waals surface area contributed by atoms with Gasteiger partial charge in [0.15, 0.2) is 5.82 Å². The fraction of sp³-hybridized carbons (Fsp3) is 0.316. The lowest BCUT2D eigenvalue weighted by Crippen LogP contribution is -2.10. The summed E-state index contributed by atoms with van der Waals surface area (Å²) in [5, 5.41) is 14.6. The molecular weight excluding hydrogens is 346 g/mol. The Bertz CT molecular complexity index is 889. The lowest BCUT2D eigenvalue weighted by Gasteiger charge is -2.09. The molecule has 26 heavy (non-hydrogen) atoms. The van der Waals surface area contributed by atoms with E-state index in [2.05, 4.69) is 51.6 Å². The van der Waals surface area contributed by atoms with E-state index >= 15 is 0 Å². The van der Waals surface area contributed by atoms with E-state index < -0.39 is 0 Å². The first-order valence-electron chi connectivity index (χ1n) is 8.45. The van der Waals surface area contributed by atoms with E-state index in [-0.39, 0.29) is 12.5 Å². The minimum Gasteiger partial charge on any atom is -0.396 e. The molecule has 0 amide bonds. The first kappa shape index (κ1) is 18.4. The number of aromatic nitrogens is 2. The number of benzene rings is 1. The molecule has 0 unspecified atom stereocenters. The summed E-state index contributed by atoms with van der Waals surface area (Å²) in [6, 6.07) is 10.3. The highest BCUT2D eigenvalue weighted by atomic mass is 32.1. The highest BCUT2D eigenvalue weighted by Gasteiger charge is 2.12. The van der Waals surface area contributed by atoms with Crippen molar-refractivity contribution in [3.8, 4) is 0 Å². The number of thiophene rings is 1. The van der Waals surface area contributed by atoms with Gasteiger partial charge in [-0.05, 0) is 31.3 Å². The number of aliphatic hydroxyl groups excluding tert-OH is 1. The number of nitrogens with zero attached hydrogens (tertiary/aromatic N) is 4. The minimum absolute atomic E-state index is 0.0891. The third-order valence-corrected chi connectivity index (χ3v) is 5.25. The largest absolute Gasteiger partial charge is 0.396 e. The molecule has 0 saturated heterocycles. The lowest BCUT2D eigenvalue weighted by molar-refractivity contribution is 0.274. The second-order valence-corrected chi connectivity index (χ2v) is 7.59. The maximum atomic E-state index is 9.35. The van der Waals surface area contributed by atoms with Crippen molar-refractivity contribution in [3.63, 3.8) is 0 Å². The van der Waals surface area contributed by atoms with Gasteiger partial charge in [-0.1, -0.05) is 31.2 Å². The Labute approximate surface area is 157 Å². The molecule has 7 heteroatoms. The number of rotatable bonds is 7. The molecule has 0 aliphatic heterocycles. The minimum atomic E-state index is 0.0891. The molecular formula is C19H23N5OS. The summed E-state index contributed by atoms with van der Waals surface area (Å²) in [6.07, 6.45) is 3.30. The smallest absolute Gasteiger partial charge is 0.158 e. The monoisotopic (exact) mass is 369 g/mol. The Hall–Kier alpha value is -2.35. The van der Waals surface area contributed by atoms with Crippen molar-refractivity contribution in [2.75, 3.05) is 26.1 Å². The SMILES string of the molecule is C[C@H](CO)c1cc2c(N/N=C/c3ccc(CN(C)C)cc3)ncnc2s1. The van der Waals surface area contributed by atoms with Crippen LogP contribution in [0, 0.1) is 0 Å². The topological polar surface area (TPSA) is 73.6 Å². The van der Waals surface area contributed by atoms with Crippen LogP contribution in [-0.2, 0) is 6.54 Å². The van der Waals surface area contributed by atoms with Crippen LogP contribution in [-0.4, -0.2) is 46.9 Å². The first-order valence-corrected chi connectivity index (χ1v) is 9.26. The zero-order chi connectivity index (χ0) is 18.5. The van der Waals surface area contributed by atoms with Crippen LogP contribution in [0.3, 0.4) is 0 Å². The van der Waals surface area contributed by atoms with E-state index in [0.29, 0.717) is 5.82 Å². The van der Waals surface area contributed by atoms with Gasteiger partial charge in [0.2, 0.25) is 0 Å². The summed E-state index contributed by atoms with van der Waals surface area (Å²) in [4.78, 5) is 12.7. The number of anilines is 1. The second-order valence-electron chi connectivity index (χ2n) is 6.52. The summed E-state index contributed by atoms with van der Waals surface area (Å²) < 4.78 is 0. The van der Waals surface area contributed by atoms with Crippen LogP contribution >= 0.6 is 11.3 Å². The normalized spacial score (nSPS) is 13.0. The predicted octanol–water partition coefficient (Wildman–Crippen LogP) is 3.29. The molecule has 0 aliphatic carbocycles. The van der Waals surface area contributed by atoms with Crippen LogP contribution in [0.4, 0.5) is 5.82 Å². The molecule has 0 saturated carbocycles. The third kappa shape index (κ3) is 4.43. The molecule has 2 aromatic heterocycles. The van der Waals surface area contributed by atoms with Crippen molar-refractivity contribution in [1.29, 1.82) is 0 Å². The van der Waals surface area contributed by atoms with Crippen LogP contribution in [0.1, 0.15) is 28.8 Å². The van der Waals surface area contributed by atoms with Gasteiger partial charge in [0.05, 0.1) is 18.2 Å². The molecule has 0 aliphatic rings. The summed E-state index contributed by atoms with van der Waals surface area (Å²) in [5.74, 6) is 0.759. The lowest BCUT2D eigenvalue weighted by atomic mass is 10.1. The molecule has 3 rings (SSSR count). The number of aliphatic hydroxyl groups is 1. The van der Waals surface area contributed by atoms with Gasteiger partial charge in [0, 0.05) is 17.3 Å². The average Bonchev–Trinajstić information content (AvgIpc) is 3.07. The van der Waals surface area contributed by atoms with E-state index in [1.54, 1.807) is 17.6 Å². The molecule has 1 atom stereocenters. The highest BCUT2D eigenvalue weighted by molar-refractivity contribution is 7.18. The van der Waals surface area contributed by atoms with Crippen LogP contribution in [0.25, 0.3) is 10.2 Å². The van der Waals surface area contributed by atoms with Gasteiger partial charge in [0.25, 0.3) is 0 Å². The van der Waals surface area contributed by atoms with Gasteiger partial charge in [-0.15, -0.1) is 11.3 Å². The zero-order valence-electron chi connectivity index (χ0n) is 15.2. The quantitative estimate of drug-likeness (QED) is 0.494. The van der Waals surface area contributed by atoms with E-state index in [1.807, 2.05) is 25.1 Å².